The molecule has 11 nitrogen and oxygen atoms in total. The van der Waals surface area contributed by atoms with Gasteiger partial charge in [0.1, 0.15) is 17.5 Å². The van der Waals surface area contributed by atoms with Crippen molar-refractivity contribution >= 4 is 52.3 Å². The normalized spacial score (nSPS) is 18.8. The van der Waals surface area contributed by atoms with Gasteiger partial charge in [0.15, 0.2) is 0 Å². The Morgan fingerprint density at radius 1 is 1.21 bits per heavy atom. The van der Waals surface area contributed by atoms with E-state index in [0.717, 1.165) is 12.0 Å². The van der Waals surface area contributed by atoms with Crippen molar-refractivity contribution in [3.05, 3.63) is 40.0 Å². The van der Waals surface area contributed by atoms with Crippen molar-refractivity contribution in [1.82, 2.24) is 34.8 Å². The molecule has 0 bridgehead atoms. The topological polar surface area (TPSA) is 110 Å². The van der Waals surface area contributed by atoms with Crippen LogP contribution in [0.2, 0.25) is 10.0 Å². The van der Waals surface area contributed by atoms with E-state index in [1.165, 1.54) is 0 Å². The lowest BCUT2D eigenvalue weighted by Crippen LogP contribution is -2.62. The molecule has 39 heavy (non-hydrogen) atoms. The summed E-state index contributed by atoms with van der Waals surface area (Å²) in [5.41, 5.74) is 1.21. The molecule has 2 aromatic heterocycles. The maximum atomic E-state index is 13.3. The van der Waals surface area contributed by atoms with Crippen molar-refractivity contribution in [3.63, 3.8) is 0 Å². The van der Waals surface area contributed by atoms with Gasteiger partial charge in [0, 0.05) is 36.7 Å². The Balaban J connectivity index is 1.26. The highest BCUT2D eigenvalue weighted by Gasteiger charge is 2.42. The van der Waals surface area contributed by atoms with Gasteiger partial charge in [0.2, 0.25) is 17.2 Å². The van der Waals surface area contributed by atoms with E-state index in [1.54, 1.807) is 39.9 Å². The molecule has 4 heterocycles. The highest BCUT2D eigenvalue weighted by Crippen LogP contribution is 2.31. The minimum atomic E-state index is -0.612. The Kier molecular flexibility index (Phi) is 7.32. The number of likely N-dealkylation sites (tertiary alicyclic amines) is 1. The number of hydrogen-bond acceptors (Lipinski definition) is 8. The van der Waals surface area contributed by atoms with Crippen LogP contribution < -0.4 is 4.90 Å². The number of anilines is 1. The zero-order valence-electron chi connectivity index (χ0n) is 22.6. The summed E-state index contributed by atoms with van der Waals surface area (Å²) in [5.74, 6) is 0.606. The molecule has 1 aromatic carbocycles. The largest absolute Gasteiger partial charge is 0.444 e. The van der Waals surface area contributed by atoms with Crippen LogP contribution in [0.1, 0.15) is 52.1 Å². The quantitative estimate of drug-likeness (QED) is 0.446. The number of carbonyl (C=O) groups is 2. The van der Waals surface area contributed by atoms with Gasteiger partial charge in [-0.3, -0.25) is 9.69 Å². The van der Waals surface area contributed by atoms with E-state index < -0.39 is 17.7 Å². The number of ether oxygens (including phenoxy) is 1. The van der Waals surface area contributed by atoms with Gasteiger partial charge in [-0.15, -0.1) is 5.10 Å². The summed E-state index contributed by atoms with van der Waals surface area (Å²) in [5, 5.41) is 9.53. The van der Waals surface area contributed by atoms with Gasteiger partial charge >= 0.3 is 6.09 Å². The van der Waals surface area contributed by atoms with Gasteiger partial charge in [-0.25, -0.2) is 19.4 Å². The second kappa shape index (κ2) is 10.4. The van der Waals surface area contributed by atoms with E-state index in [9.17, 15) is 9.59 Å². The molecule has 0 saturated carbocycles. The number of carbonyl (C=O) groups excluding carboxylic acids is 2. The first-order valence-corrected chi connectivity index (χ1v) is 13.7. The minimum Gasteiger partial charge on any atom is -0.444 e. The number of rotatable bonds is 5. The standard InChI is InChI=1S/C26H32Cl2N8O3/c1-15(18-9-8-16(27)11-19(18)28)36-23-22(31-32-36)29-12-21(30-23)34-13-17(14-34)33(5)24(37)20-7-6-10-35(20)25(38)39-26(2,3)4/h8-9,11-12,15,17,20H,6-7,10,13-14H2,1-5H3/t15-,20-/m1/s1. The summed E-state index contributed by atoms with van der Waals surface area (Å²) in [6.45, 7) is 9.15. The summed E-state index contributed by atoms with van der Waals surface area (Å²) in [7, 11) is 1.79. The van der Waals surface area contributed by atoms with E-state index in [1.807, 2.05) is 33.8 Å². The molecular formula is C26H32Cl2N8O3. The Bertz CT molecular complexity index is 1400. The first-order chi connectivity index (χ1) is 18.4. The molecule has 2 atom stereocenters. The molecule has 0 N–H and O–H groups in total. The lowest BCUT2D eigenvalue weighted by molar-refractivity contribution is -0.137. The zero-order chi connectivity index (χ0) is 28.1. The number of aromatic nitrogens is 5. The van der Waals surface area contributed by atoms with Crippen molar-refractivity contribution in [2.75, 3.05) is 31.6 Å². The molecule has 0 spiro atoms. The number of benzene rings is 1. The van der Waals surface area contributed by atoms with Crippen molar-refractivity contribution in [1.29, 1.82) is 0 Å². The molecule has 5 rings (SSSR count). The second-order valence-electron chi connectivity index (χ2n) is 11.1. The number of amides is 2. The Labute approximate surface area is 237 Å². The Morgan fingerprint density at radius 3 is 2.64 bits per heavy atom. The van der Waals surface area contributed by atoms with Gasteiger partial charge in [0.05, 0.1) is 18.3 Å². The third-order valence-corrected chi connectivity index (χ3v) is 7.76. The SMILES string of the molecule is C[C@H](c1ccc(Cl)cc1Cl)n1nnc2ncc(N3CC(N(C)C(=O)[C@H]4CCCN4C(=O)OC(C)(C)C)C3)nc21. The van der Waals surface area contributed by atoms with Crippen LogP contribution in [0.15, 0.2) is 24.4 Å². The van der Waals surface area contributed by atoms with Crippen molar-refractivity contribution < 1.29 is 14.3 Å². The van der Waals surface area contributed by atoms with Crippen LogP contribution in [0, 0.1) is 0 Å². The van der Waals surface area contributed by atoms with E-state index in [-0.39, 0.29) is 18.0 Å². The van der Waals surface area contributed by atoms with Crippen LogP contribution in [0.25, 0.3) is 11.3 Å². The van der Waals surface area contributed by atoms with Gasteiger partial charge in [-0.05, 0) is 58.2 Å². The molecule has 3 aromatic rings. The number of hydrogen-bond donors (Lipinski definition) is 0. The lowest BCUT2D eigenvalue weighted by Gasteiger charge is -2.45. The fraction of sp³-hybridized carbons (Fsp3) is 0.538. The average Bonchev–Trinajstić information content (AvgIpc) is 3.48. The number of halogens is 2. The number of likely N-dealkylation sites (N-methyl/N-ethyl adjacent to an activating group) is 1. The molecule has 2 saturated heterocycles. The third kappa shape index (κ3) is 5.47. The summed E-state index contributed by atoms with van der Waals surface area (Å²) >= 11 is 12.5. The maximum absolute atomic E-state index is 13.3. The molecule has 208 valence electrons. The smallest absolute Gasteiger partial charge is 0.410 e. The third-order valence-electron chi connectivity index (χ3n) is 7.20. The molecule has 13 heteroatoms. The second-order valence-corrected chi connectivity index (χ2v) is 11.9. The summed E-state index contributed by atoms with van der Waals surface area (Å²) in [4.78, 5) is 40.6. The first-order valence-electron chi connectivity index (χ1n) is 13.0. The van der Waals surface area contributed by atoms with E-state index >= 15 is 0 Å². The van der Waals surface area contributed by atoms with Crippen LogP contribution in [0.4, 0.5) is 10.6 Å². The van der Waals surface area contributed by atoms with E-state index in [4.69, 9.17) is 32.9 Å². The van der Waals surface area contributed by atoms with Crippen molar-refractivity contribution in [2.24, 2.45) is 0 Å². The summed E-state index contributed by atoms with van der Waals surface area (Å²) < 4.78 is 7.21. The predicted molar refractivity (Wildman–Crippen MR) is 148 cm³/mol. The molecule has 0 radical (unpaired) electrons. The van der Waals surface area contributed by atoms with Gasteiger partial charge in [-0.2, -0.15) is 0 Å². The maximum Gasteiger partial charge on any atom is 0.410 e. The van der Waals surface area contributed by atoms with Gasteiger partial charge < -0.3 is 14.5 Å². The predicted octanol–water partition coefficient (Wildman–Crippen LogP) is 4.18. The van der Waals surface area contributed by atoms with Gasteiger partial charge in [-0.1, -0.05) is 34.5 Å². The van der Waals surface area contributed by atoms with Crippen LogP contribution in [-0.2, 0) is 9.53 Å². The molecular weight excluding hydrogens is 543 g/mol. The summed E-state index contributed by atoms with van der Waals surface area (Å²) in [6.07, 6.45) is 2.64. The van der Waals surface area contributed by atoms with Crippen molar-refractivity contribution in [2.45, 2.75) is 64.3 Å². The molecule has 0 aliphatic carbocycles. The first kappa shape index (κ1) is 27.4. The fourth-order valence-corrected chi connectivity index (χ4v) is 5.54. The lowest BCUT2D eigenvalue weighted by atomic mass is 10.1. The highest BCUT2D eigenvalue weighted by atomic mass is 35.5. The van der Waals surface area contributed by atoms with Crippen LogP contribution in [-0.4, -0.2) is 91.1 Å². The fourth-order valence-electron chi connectivity index (χ4n) is 4.97. The van der Waals surface area contributed by atoms with E-state index in [2.05, 4.69) is 20.2 Å². The van der Waals surface area contributed by atoms with Crippen LogP contribution in [0.3, 0.4) is 0 Å². The molecule has 0 unspecified atom stereocenters. The molecule has 2 amide bonds. The Morgan fingerprint density at radius 2 is 1.95 bits per heavy atom. The van der Waals surface area contributed by atoms with Crippen molar-refractivity contribution in [3.8, 4) is 0 Å². The van der Waals surface area contributed by atoms with Crippen LogP contribution >= 0.6 is 23.2 Å². The number of fused-ring (bicyclic) bond motifs is 1. The van der Waals surface area contributed by atoms with E-state index in [0.29, 0.717) is 53.2 Å². The average molecular weight is 576 g/mol. The minimum absolute atomic E-state index is 0.00841. The number of nitrogens with zero attached hydrogens (tertiary/aromatic N) is 8. The summed E-state index contributed by atoms with van der Waals surface area (Å²) in [6, 6.07) is 4.59. The molecule has 2 aliphatic heterocycles. The monoisotopic (exact) mass is 574 g/mol. The highest BCUT2D eigenvalue weighted by molar-refractivity contribution is 6.35. The zero-order valence-corrected chi connectivity index (χ0v) is 24.1. The van der Waals surface area contributed by atoms with Crippen LogP contribution in [0.5, 0.6) is 0 Å². The molecule has 2 aliphatic rings. The van der Waals surface area contributed by atoms with Gasteiger partial charge in [0.25, 0.3) is 0 Å². The molecule has 2 fully saturated rings. The Hall–Kier alpha value is -3.18.